The first-order valence-corrected chi connectivity index (χ1v) is 11.2. The van der Waals surface area contributed by atoms with Crippen molar-refractivity contribution in [1.29, 1.82) is 0 Å². The Morgan fingerprint density at radius 1 is 1.09 bits per heavy atom. The van der Waals surface area contributed by atoms with E-state index in [1.807, 2.05) is 0 Å². The summed E-state index contributed by atoms with van der Waals surface area (Å²) in [5.41, 5.74) is 4.49. The van der Waals surface area contributed by atoms with E-state index >= 15 is 0 Å². The van der Waals surface area contributed by atoms with E-state index in [2.05, 4.69) is 0 Å². The number of rotatable bonds is 2. The van der Waals surface area contributed by atoms with Crippen LogP contribution < -0.4 is 5.73 Å². The van der Waals surface area contributed by atoms with Crippen LogP contribution in [0.5, 0.6) is 5.75 Å². The lowest BCUT2D eigenvalue weighted by Gasteiger charge is -2.48. The number of hydrogen-bond donors (Lipinski definition) is 3. The summed E-state index contributed by atoms with van der Waals surface area (Å²) in [6.07, 6.45) is -0.222. The zero-order chi connectivity index (χ0) is 25.4. The predicted octanol–water partition coefficient (Wildman–Crippen LogP) is 1.44. The average molecular weight is 479 g/mol. The molecule has 4 N–H and O–H groups in total. The zero-order valence-corrected chi connectivity index (χ0v) is 18.7. The summed E-state index contributed by atoms with van der Waals surface area (Å²) in [4.78, 5) is 64.2. The van der Waals surface area contributed by atoms with Crippen LogP contribution in [-0.4, -0.2) is 44.9 Å². The highest BCUT2D eigenvalue weighted by Crippen LogP contribution is 2.51. The van der Waals surface area contributed by atoms with Crippen molar-refractivity contribution in [1.82, 2.24) is 0 Å². The molecule has 0 bridgehead atoms. The smallest absolute Gasteiger partial charge is 0.235 e. The molecule has 0 radical (unpaired) electrons. The molecule has 2 saturated carbocycles. The Morgan fingerprint density at radius 3 is 2.46 bits per heavy atom. The molecule has 0 spiro atoms. The molecule has 2 aromatic carbocycles. The fraction of sp³-hybridized carbons (Fsp3) is 0.346. The summed E-state index contributed by atoms with van der Waals surface area (Å²) in [6, 6.07) is 7.39. The van der Waals surface area contributed by atoms with Gasteiger partial charge < -0.3 is 15.9 Å². The number of amides is 1. The van der Waals surface area contributed by atoms with Gasteiger partial charge in [0.25, 0.3) is 0 Å². The number of primary amides is 1. The van der Waals surface area contributed by atoms with Crippen LogP contribution in [0.2, 0.25) is 0 Å². The SMILES string of the molecule is Cc1cc(-c2ccc(O)c3c2C[C@H]2C[C@H]4CC(=O)C(C(N)=O)C(=O)[C@@]4(O)C(=O)C2C3=O)ccc1F. The van der Waals surface area contributed by atoms with E-state index < -0.39 is 70.6 Å². The highest BCUT2D eigenvalue weighted by molar-refractivity contribution is 6.31. The molecule has 0 aliphatic heterocycles. The van der Waals surface area contributed by atoms with E-state index in [9.17, 15) is 38.6 Å². The standard InChI is InChI=1S/C26H22FNO7/c1-10-6-11(2-4-16(10)27)14-3-5-17(29)20-15(14)8-12-7-13-9-18(30)21(25(28)34)24(33)26(13,35)23(32)19(12)22(20)31/h2-6,12-13,19,21,29,35H,7-9H2,1H3,(H2,28,34)/t12-,13+,19?,21?,26+/m1/s1. The van der Waals surface area contributed by atoms with Gasteiger partial charge in [-0.2, -0.15) is 0 Å². The summed E-state index contributed by atoms with van der Waals surface area (Å²) in [5.74, 6) is -10.9. The topological polar surface area (TPSA) is 152 Å². The first-order valence-electron chi connectivity index (χ1n) is 11.2. The summed E-state index contributed by atoms with van der Waals surface area (Å²) in [5, 5.41) is 21.8. The largest absolute Gasteiger partial charge is 0.507 e. The van der Waals surface area contributed by atoms with Gasteiger partial charge in [0.1, 0.15) is 11.6 Å². The number of aryl methyl sites for hydroxylation is 1. The number of nitrogens with two attached hydrogens (primary N) is 1. The number of benzene rings is 2. The minimum atomic E-state index is -2.68. The maximum absolute atomic E-state index is 13.8. The number of ketones is 4. The number of carbonyl (C=O) groups excluding carboxylic acids is 5. The Bertz CT molecular complexity index is 1370. The number of Topliss-reactive ketones (excluding diaryl/α,β-unsaturated/α-hetero) is 4. The fourth-order valence-corrected chi connectivity index (χ4v) is 6.05. The van der Waals surface area contributed by atoms with Crippen molar-refractivity contribution >= 4 is 29.0 Å². The maximum atomic E-state index is 13.8. The third kappa shape index (κ3) is 3.11. The fourth-order valence-electron chi connectivity index (χ4n) is 6.05. The van der Waals surface area contributed by atoms with Crippen molar-refractivity contribution in [3.8, 4) is 16.9 Å². The quantitative estimate of drug-likeness (QED) is 0.551. The monoisotopic (exact) mass is 479 g/mol. The highest BCUT2D eigenvalue weighted by Gasteiger charge is 2.66. The second-order valence-corrected chi connectivity index (χ2v) is 9.69. The lowest BCUT2D eigenvalue weighted by molar-refractivity contribution is -0.175. The van der Waals surface area contributed by atoms with Gasteiger partial charge >= 0.3 is 0 Å². The molecule has 2 fully saturated rings. The van der Waals surface area contributed by atoms with Crippen LogP contribution >= 0.6 is 0 Å². The van der Waals surface area contributed by atoms with Crippen LogP contribution in [0.15, 0.2) is 30.3 Å². The molecule has 180 valence electrons. The Kier molecular flexibility index (Phi) is 5.03. The van der Waals surface area contributed by atoms with Crippen LogP contribution in [0, 0.1) is 36.4 Å². The Labute approximate surface area is 198 Å². The molecule has 2 unspecified atom stereocenters. The van der Waals surface area contributed by atoms with Crippen molar-refractivity contribution in [3.63, 3.8) is 0 Å². The first kappa shape index (κ1) is 23.0. The van der Waals surface area contributed by atoms with Gasteiger partial charge in [0.15, 0.2) is 34.7 Å². The Morgan fingerprint density at radius 2 is 1.80 bits per heavy atom. The van der Waals surface area contributed by atoms with Gasteiger partial charge in [-0.05, 0) is 66.1 Å². The van der Waals surface area contributed by atoms with Crippen molar-refractivity contribution < 1.29 is 38.6 Å². The third-order valence-corrected chi connectivity index (χ3v) is 7.75. The van der Waals surface area contributed by atoms with E-state index in [0.717, 1.165) is 0 Å². The van der Waals surface area contributed by atoms with Crippen molar-refractivity contribution in [2.24, 2.45) is 29.4 Å². The number of carbonyl (C=O) groups is 5. The van der Waals surface area contributed by atoms with Crippen molar-refractivity contribution in [3.05, 3.63) is 52.8 Å². The first-order chi connectivity index (χ1) is 16.5. The molecular formula is C26H22FNO7. The van der Waals surface area contributed by atoms with Crippen LogP contribution in [0.25, 0.3) is 11.1 Å². The molecule has 2 aromatic rings. The summed E-state index contributed by atoms with van der Waals surface area (Å²) in [7, 11) is 0. The molecule has 0 aromatic heterocycles. The average Bonchev–Trinajstić information content (AvgIpc) is 2.78. The third-order valence-electron chi connectivity index (χ3n) is 7.75. The summed E-state index contributed by atoms with van der Waals surface area (Å²) < 4.78 is 13.8. The number of aliphatic hydroxyl groups is 1. The molecule has 0 heterocycles. The van der Waals surface area contributed by atoms with Gasteiger partial charge in [-0.3, -0.25) is 24.0 Å². The van der Waals surface area contributed by atoms with Gasteiger partial charge in [0, 0.05) is 12.3 Å². The van der Waals surface area contributed by atoms with Gasteiger partial charge in [0.2, 0.25) is 5.91 Å². The van der Waals surface area contributed by atoms with E-state index in [1.54, 1.807) is 25.1 Å². The van der Waals surface area contributed by atoms with E-state index in [1.165, 1.54) is 12.1 Å². The molecule has 8 nitrogen and oxygen atoms in total. The Hall–Kier alpha value is -3.72. The van der Waals surface area contributed by atoms with Crippen LogP contribution in [-0.2, 0) is 25.6 Å². The Balaban J connectivity index is 1.62. The minimum absolute atomic E-state index is 0.0125. The van der Waals surface area contributed by atoms with E-state index in [0.29, 0.717) is 22.3 Å². The highest BCUT2D eigenvalue weighted by atomic mass is 19.1. The molecule has 0 saturated heterocycles. The van der Waals surface area contributed by atoms with Crippen LogP contribution in [0.1, 0.15) is 34.3 Å². The molecule has 3 aliphatic rings. The number of hydrogen-bond acceptors (Lipinski definition) is 7. The summed E-state index contributed by atoms with van der Waals surface area (Å²) >= 11 is 0. The van der Waals surface area contributed by atoms with Gasteiger partial charge in [-0.1, -0.05) is 12.1 Å². The van der Waals surface area contributed by atoms with Crippen LogP contribution in [0.4, 0.5) is 4.39 Å². The number of phenols is 1. The zero-order valence-electron chi connectivity index (χ0n) is 18.7. The van der Waals surface area contributed by atoms with Gasteiger partial charge in [-0.15, -0.1) is 0 Å². The molecular weight excluding hydrogens is 457 g/mol. The molecule has 3 aliphatic carbocycles. The molecule has 5 atom stereocenters. The molecule has 9 heteroatoms. The van der Waals surface area contributed by atoms with Gasteiger partial charge in [-0.25, -0.2) is 4.39 Å². The number of aromatic hydroxyl groups is 1. The lowest BCUT2D eigenvalue weighted by Crippen LogP contribution is -2.68. The molecule has 5 rings (SSSR count). The van der Waals surface area contributed by atoms with Gasteiger partial charge in [0.05, 0.1) is 11.5 Å². The normalized spacial score (nSPS) is 29.9. The van der Waals surface area contributed by atoms with E-state index in [-0.39, 0.29) is 24.2 Å². The number of halogens is 1. The number of phenolic OH excluding ortho intramolecular Hbond substituents is 1. The molecule has 35 heavy (non-hydrogen) atoms. The number of fused-ring (bicyclic) bond motifs is 3. The second kappa shape index (κ2) is 7.64. The van der Waals surface area contributed by atoms with Crippen molar-refractivity contribution in [2.45, 2.75) is 31.8 Å². The molecule has 1 amide bonds. The minimum Gasteiger partial charge on any atom is -0.507 e. The predicted molar refractivity (Wildman–Crippen MR) is 119 cm³/mol. The van der Waals surface area contributed by atoms with Crippen LogP contribution in [0.3, 0.4) is 0 Å². The lowest BCUT2D eigenvalue weighted by atomic mass is 9.53. The second-order valence-electron chi connectivity index (χ2n) is 9.69. The summed E-state index contributed by atoms with van der Waals surface area (Å²) in [6.45, 7) is 1.60. The van der Waals surface area contributed by atoms with E-state index in [4.69, 9.17) is 5.73 Å². The van der Waals surface area contributed by atoms with Crippen molar-refractivity contribution in [2.75, 3.05) is 0 Å². The maximum Gasteiger partial charge on any atom is 0.235 e.